The molecule has 0 aliphatic carbocycles. The average molecular weight is 345 g/mol. The van der Waals surface area contributed by atoms with Crippen molar-refractivity contribution in [3.05, 3.63) is 78.0 Å². The molecule has 0 fully saturated rings. The number of carbonyl (C=O) groups excluding carboxylic acids is 1. The predicted octanol–water partition coefficient (Wildman–Crippen LogP) is 3.30. The zero-order valence-corrected chi connectivity index (χ0v) is 14.4. The van der Waals surface area contributed by atoms with Gasteiger partial charge in [-0.15, -0.1) is 0 Å². The first-order valence-corrected chi connectivity index (χ1v) is 8.46. The van der Waals surface area contributed by atoms with E-state index in [1.807, 2.05) is 42.6 Å². The van der Waals surface area contributed by atoms with Crippen LogP contribution in [0.15, 0.2) is 61.3 Å². The van der Waals surface area contributed by atoms with Gasteiger partial charge in [0.15, 0.2) is 0 Å². The van der Waals surface area contributed by atoms with Crippen LogP contribution in [0.5, 0.6) is 0 Å². The summed E-state index contributed by atoms with van der Waals surface area (Å²) >= 11 is 0. The molecule has 0 atom stereocenters. The first-order valence-electron chi connectivity index (χ1n) is 8.46. The van der Waals surface area contributed by atoms with E-state index in [-0.39, 0.29) is 5.91 Å². The molecule has 0 saturated heterocycles. The minimum absolute atomic E-state index is 0.0415. The van der Waals surface area contributed by atoms with Crippen LogP contribution in [-0.2, 0) is 17.8 Å². The molecule has 130 valence electrons. The van der Waals surface area contributed by atoms with Gasteiger partial charge in [0.05, 0.1) is 13.0 Å². The zero-order chi connectivity index (χ0) is 17.9. The maximum absolute atomic E-state index is 12.6. The first-order chi connectivity index (χ1) is 12.7. The van der Waals surface area contributed by atoms with Crippen LogP contribution in [0.1, 0.15) is 16.7 Å². The summed E-state index contributed by atoms with van der Waals surface area (Å²) in [5.41, 5.74) is 5.01. The number of fused-ring (bicyclic) bond motifs is 1. The van der Waals surface area contributed by atoms with Crippen LogP contribution in [0.25, 0.3) is 10.9 Å². The van der Waals surface area contributed by atoms with Crippen LogP contribution in [0.4, 0.5) is 5.69 Å². The average Bonchev–Trinajstić information content (AvgIpc) is 3.27. The third-order valence-corrected chi connectivity index (χ3v) is 4.44. The fraction of sp³-hybridized carbons (Fsp3) is 0.150. The Morgan fingerprint density at radius 2 is 2.04 bits per heavy atom. The number of benzene rings is 2. The molecule has 0 saturated carbocycles. The number of aryl methyl sites for hydroxylation is 1. The predicted molar refractivity (Wildman–Crippen MR) is 101 cm³/mol. The van der Waals surface area contributed by atoms with Gasteiger partial charge in [0, 0.05) is 22.8 Å². The number of amides is 1. The molecule has 6 nitrogen and oxygen atoms in total. The van der Waals surface area contributed by atoms with Crippen LogP contribution in [0.2, 0.25) is 0 Å². The van der Waals surface area contributed by atoms with Gasteiger partial charge in [-0.25, -0.2) is 9.67 Å². The molecule has 0 radical (unpaired) electrons. The van der Waals surface area contributed by atoms with Crippen LogP contribution in [0.3, 0.4) is 0 Å². The molecule has 2 aromatic heterocycles. The van der Waals surface area contributed by atoms with E-state index < -0.39 is 0 Å². The fourth-order valence-electron chi connectivity index (χ4n) is 3.23. The van der Waals surface area contributed by atoms with Gasteiger partial charge in [0.25, 0.3) is 0 Å². The second-order valence-corrected chi connectivity index (χ2v) is 6.29. The van der Waals surface area contributed by atoms with E-state index in [0.717, 1.165) is 33.3 Å². The van der Waals surface area contributed by atoms with Crippen molar-refractivity contribution in [2.45, 2.75) is 19.9 Å². The van der Waals surface area contributed by atoms with Crippen LogP contribution in [0, 0.1) is 6.92 Å². The van der Waals surface area contributed by atoms with E-state index in [4.69, 9.17) is 0 Å². The van der Waals surface area contributed by atoms with E-state index in [9.17, 15) is 4.79 Å². The zero-order valence-electron chi connectivity index (χ0n) is 14.4. The second-order valence-electron chi connectivity index (χ2n) is 6.29. The van der Waals surface area contributed by atoms with Crippen molar-refractivity contribution in [3.8, 4) is 0 Å². The van der Waals surface area contributed by atoms with Crippen LogP contribution >= 0.6 is 0 Å². The molecule has 2 N–H and O–H groups in total. The Labute approximate surface area is 150 Å². The molecule has 1 amide bonds. The molecule has 0 aliphatic heterocycles. The Kier molecular flexibility index (Phi) is 4.23. The molecule has 0 aliphatic rings. The standard InChI is InChI=1S/C20H19N5O/c1-14-5-4-8-18-20(14)16(10-22-18)9-19(26)24-17-7-3-2-6-15(17)11-25-13-21-12-23-25/h2-8,10,12-13,22H,9,11H2,1H3,(H,24,26). The smallest absolute Gasteiger partial charge is 0.228 e. The van der Waals surface area contributed by atoms with E-state index in [1.165, 1.54) is 6.33 Å². The minimum Gasteiger partial charge on any atom is -0.361 e. The lowest BCUT2D eigenvalue weighted by Gasteiger charge is -2.11. The van der Waals surface area contributed by atoms with Crippen molar-refractivity contribution in [2.24, 2.45) is 0 Å². The van der Waals surface area contributed by atoms with Gasteiger partial charge in [-0.1, -0.05) is 30.3 Å². The van der Waals surface area contributed by atoms with E-state index in [2.05, 4.69) is 33.4 Å². The Balaban J connectivity index is 1.53. The molecule has 2 aromatic carbocycles. The maximum atomic E-state index is 12.6. The third-order valence-electron chi connectivity index (χ3n) is 4.44. The van der Waals surface area contributed by atoms with Crippen molar-refractivity contribution in [2.75, 3.05) is 5.32 Å². The topological polar surface area (TPSA) is 75.6 Å². The molecular formula is C20H19N5O. The largest absolute Gasteiger partial charge is 0.361 e. The maximum Gasteiger partial charge on any atom is 0.228 e. The normalized spacial score (nSPS) is 11.0. The number of aromatic nitrogens is 4. The Hall–Kier alpha value is -3.41. The number of rotatable bonds is 5. The fourth-order valence-corrected chi connectivity index (χ4v) is 3.23. The summed E-state index contributed by atoms with van der Waals surface area (Å²) in [5.74, 6) is -0.0415. The van der Waals surface area contributed by atoms with Gasteiger partial charge < -0.3 is 10.3 Å². The van der Waals surface area contributed by atoms with Gasteiger partial charge in [-0.05, 0) is 35.7 Å². The summed E-state index contributed by atoms with van der Waals surface area (Å²) in [4.78, 5) is 19.8. The number of hydrogen-bond acceptors (Lipinski definition) is 3. The molecule has 26 heavy (non-hydrogen) atoms. The SMILES string of the molecule is Cc1cccc2[nH]cc(CC(=O)Nc3ccccc3Cn3cncn3)c12. The summed E-state index contributed by atoms with van der Waals surface area (Å²) in [6.45, 7) is 2.62. The van der Waals surface area contributed by atoms with E-state index >= 15 is 0 Å². The van der Waals surface area contributed by atoms with Gasteiger partial charge in [-0.2, -0.15) is 5.10 Å². The highest BCUT2D eigenvalue weighted by Crippen LogP contribution is 2.23. The highest BCUT2D eigenvalue weighted by atomic mass is 16.1. The van der Waals surface area contributed by atoms with Crippen molar-refractivity contribution >= 4 is 22.5 Å². The molecule has 2 heterocycles. The number of anilines is 1. The van der Waals surface area contributed by atoms with Crippen molar-refractivity contribution < 1.29 is 4.79 Å². The van der Waals surface area contributed by atoms with Crippen molar-refractivity contribution in [1.29, 1.82) is 0 Å². The molecule has 4 aromatic rings. The number of para-hydroxylation sites is 1. The summed E-state index contributed by atoms with van der Waals surface area (Å²) in [7, 11) is 0. The molecule has 0 unspecified atom stereocenters. The van der Waals surface area contributed by atoms with Gasteiger partial charge in [0.2, 0.25) is 5.91 Å². The van der Waals surface area contributed by atoms with Gasteiger partial charge in [0.1, 0.15) is 12.7 Å². The van der Waals surface area contributed by atoms with E-state index in [1.54, 1.807) is 11.0 Å². The van der Waals surface area contributed by atoms with Gasteiger partial charge in [-0.3, -0.25) is 4.79 Å². The highest BCUT2D eigenvalue weighted by molar-refractivity contribution is 5.97. The Bertz CT molecular complexity index is 1050. The lowest BCUT2D eigenvalue weighted by molar-refractivity contribution is -0.115. The first kappa shape index (κ1) is 16.1. The van der Waals surface area contributed by atoms with Crippen LogP contribution < -0.4 is 5.32 Å². The summed E-state index contributed by atoms with van der Waals surface area (Å²) < 4.78 is 1.73. The highest BCUT2D eigenvalue weighted by Gasteiger charge is 2.12. The number of hydrogen-bond donors (Lipinski definition) is 2. The molecule has 0 spiro atoms. The Morgan fingerprint density at radius 1 is 1.15 bits per heavy atom. The molecule has 4 rings (SSSR count). The van der Waals surface area contributed by atoms with Crippen molar-refractivity contribution in [1.82, 2.24) is 19.7 Å². The summed E-state index contributed by atoms with van der Waals surface area (Å²) in [5, 5.41) is 8.28. The summed E-state index contributed by atoms with van der Waals surface area (Å²) in [6, 6.07) is 13.8. The lowest BCUT2D eigenvalue weighted by Crippen LogP contribution is -2.16. The Morgan fingerprint density at radius 3 is 2.88 bits per heavy atom. The third kappa shape index (κ3) is 3.21. The number of carbonyl (C=O) groups is 1. The number of aromatic amines is 1. The molecule has 0 bridgehead atoms. The lowest BCUT2D eigenvalue weighted by atomic mass is 10.0. The number of nitrogens with zero attached hydrogens (tertiary/aromatic N) is 3. The quantitative estimate of drug-likeness (QED) is 0.583. The number of H-pyrrole nitrogens is 1. The monoisotopic (exact) mass is 345 g/mol. The van der Waals surface area contributed by atoms with Crippen LogP contribution in [-0.4, -0.2) is 25.7 Å². The molecule has 6 heteroatoms. The number of nitrogens with one attached hydrogen (secondary N) is 2. The second kappa shape index (κ2) is 6.84. The minimum atomic E-state index is -0.0415. The summed E-state index contributed by atoms with van der Waals surface area (Å²) in [6.07, 6.45) is 5.40. The van der Waals surface area contributed by atoms with Crippen molar-refractivity contribution in [3.63, 3.8) is 0 Å². The van der Waals surface area contributed by atoms with Gasteiger partial charge >= 0.3 is 0 Å². The van der Waals surface area contributed by atoms with E-state index in [0.29, 0.717) is 13.0 Å². The molecular weight excluding hydrogens is 326 g/mol.